The summed E-state index contributed by atoms with van der Waals surface area (Å²) in [5.41, 5.74) is 1.55. The van der Waals surface area contributed by atoms with Crippen LogP contribution in [0.15, 0.2) is 6.07 Å². The van der Waals surface area contributed by atoms with Crippen LogP contribution in [0.4, 0.5) is 0 Å². The summed E-state index contributed by atoms with van der Waals surface area (Å²) in [6, 6.07) is 1.95. The predicted molar refractivity (Wildman–Crippen MR) is 50.0 cm³/mol. The molecule has 0 aromatic carbocycles. The third-order valence-corrected chi connectivity index (χ3v) is 2.85. The number of carboxylic acid groups (broad SMARTS) is 1. The van der Waals surface area contributed by atoms with Gasteiger partial charge in [-0.3, -0.25) is 9.89 Å². The fourth-order valence-corrected chi connectivity index (χ4v) is 2.19. The number of aliphatic carboxylic acids is 1. The van der Waals surface area contributed by atoms with Crippen molar-refractivity contribution in [3.8, 4) is 0 Å². The second kappa shape index (κ2) is 2.85. The monoisotopic (exact) mass is 196 g/mol. The van der Waals surface area contributed by atoms with Crippen molar-refractivity contribution in [2.75, 3.05) is 0 Å². The van der Waals surface area contributed by atoms with Crippen LogP contribution < -0.4 is 0 Å². The van der Waals surface area contributed by atoms with Gasteiger partial charge >= 0.3 is 5.97 Å². The fraction of sp³-hybridized carbons (Fsp3) is 0.250. The zero-order chi connectivity index (χ0) is 9.42. The SMILES string of the molecule is Cc1cc2n[nH]c(CC(=O)O)c2s1. The minimum absolute atomic E-state index is 0.0104. The summed E-state index contributed by atoms with van der Waals surface area (Å²) < 4.78 is 0.958. The molecule has 0 aliphatic carbocycles. The highest BCUT2D eigenvalue weighted by atomic mass is 32.1. The normalized spacial score (nSPS) is 10.8. The second-order valence-corrected chi connectivity index (χ2v) is 4.10. The van der Waals surface area contributed by atoms with Gasteiger partial charge in [-0.15, -0.1) is 11.3 Å². The average Bonchev–Trinajstić information content (AvgIpc) is 2.51. The summed E-state index contributed by atoms with van der Waals surface area (Å²) in [7, 11) is 0. The van der Waals surface area contributed by atoms with Gasteiger partial charge < -0.3 is 5.11 Å². The summed E-state index contributed by atoms with van der Waals surface area (Å²) >= 11 is 1.57. The number of nitrogens with zero attached hydrogens (tertiary/aromatic N) is 1. The van der Waals surface area contributed by atoms with E-state index in [0.29, 0.717) is 5.69 Å². The molecule has 2 aromatic rings. The van der Waals surface area contributed by atoms with Gasteiger partial charge in [-0.1, -0.05) is 0 Å². The molecule has 0 fully saturated rings. The Kier molecular flexibility index (Phi) is 1.81. The molecule has 13 heavy (non-hydrogen) atoms. The van der Waals surface area contributed by atoms with Crippen molar-refractivity contribution in [1.82, 2.24) is 10.2 Å². The Morgan fingerprint density at radius 3 is 3.23 bits per heavy atom. The maximum Gasteiger partial charge on any atom is 0.309 e. The fourth-order valence-electron chi connectivity index (χ4n) is 1.25. The Hall–Kier alpha value is -1.36. The van der Waals surface area contributed by atoms with Gasteiger partial charge in [0.1, 0.15) is 5.52 Å². The molecule has 0 unspecified atom stereocenters. The smallest absolute Gasteiger partial charge is 0.309 e. The molecule has 4 nitrogen and oxygen atoms in total. The van der Waals surface area contributed by atoms with E-state index in [4.69, 9.17) is 5.11 Å². The van der Waals surface area contributed by atoms with Crippen molar-refractivity contribution in [1.29, 1.82) is 0 Å². The van der Waals surface area contributed by atoms with Crippen molar-refractivity contribution in [3.05, 3.63) is 16.6 Å². The van der Waals surface area contributed by atoms with Crippen LogP contribution in [-0.4, -0.2) is 21.3 Å². The van der Waals surface area contributed by atoms with Gasteiger partial charge in [-0.2, -0.15) is 5.10 Å². The second-order valence-electron chi connectivity index (χ2n) is 2.84. The number of aromatic nitrogens is 2. The first kappa shape index (κ1) is 8.25. The van der Waals surface area contributed by atoms with Gasteiger partial charge in [0, 0.05) is 4.88 Å². The average molecular weight is 196 g/mol. The van der Waals surface area contributed by atoms with Crippen molar-refractivity contribution in [2.24, 2.45) is 0 Å². The first-order chi connectivity index (χ1) is 6.16. The number of hydrogen-bond acceptors (Lipinski definition) is 3. The molecular weight excluding hydrogens is 188 g/mol. The quantitative estimate of drug-likeness (QED) is 0.766. The van der Waals surface area contributed by atoms with E-state index in [0.717, 1.165) is 15.1 Å². The molecule has 0 saturated heterocycles. The molecule has 2 heterocycles. The first-order valence-electron chi connectivity index (χ1n) is 3.82. The topological polar surface area (TPSA) is 66.0 Å². The molecule has 2 N–H and O–H groups in total. The Morgan fingerprint density at radius 1 is 1.77 bits per heavy atom. The maximum absolute atomic E-state index is 10.5. The Bertz CT molecular complexity index is 458. The van der Waals surface area contributed by atoms with Gasteiger partial charge in [0.15, 0.2) is 0 Å². The third-order valence-electron chi connectivity index (χ3n) is 1.75. The highest BCUT2D eigenvalue weighted by Crippen LogP contribution is 2.26. The highest BCUT2D eigenvalue weighted by molar-refractivity contribution is 7.19. The number of carbonyl (C=O) groups is 1. The zero-order valence-corrected chi connectivity index (χ0v) is 7.81. The molecule has 0 saturated carbocycles. The number of carboxylic acids is 1. The minimum Gasteiger partial charge on any atom is -0.481 e. The Labute approximate surface area is 78.2 Å². The summed E-state index contributed by atoms with van der Waals surface area (Å²) in [6.45, 7) is 1.98. The van der Waals surface area contributed by atoms with E-state index in [2.05, 4.69) is 10.2 Å². The number of fused-ring (bicyclic) bond motifs is 1. The maximum atomic E-state index is 10.5. The van der Waals surface area contributed by atoms with Crippen LogP contribution in [0.25, 0.3) is 10.2 Å². The molecular formula is C8H8N2O2S. The molecule has 68 valence electrons. The van der Waals surface area contributed by atoms with Crippen LogP contribution in [0.3, 0.4) is 0 Å². The van der Waals surface area contributed by atoms with Gasteiger partial charge in [-0.05, 0) is 13.0 Å². The van der Waals surface area contributed by atoms with Crippen LogP contribution in [0, 0.1) is 6.92 Å². The molecule has 0 radical (unpaired) electrons. The van der Waals surface area contributed by atoms with Crippen LogP contribution in [0.1, 0.15) is 10.6 Å². The van der Waals surface area contributed by atoms with Crippen LogP contribution in [0.2, 0.25) is 0 Å². The van der Waals surface area contributed by atoms with Crippen LogP contribution in [-0.2, 0) is 11.2 Å². The summed E-state index contributed by atoms with van der Waals surface area (Å²) in [5.74, 6) is -0.836. The molecule has 2 rings (SSSR count). The van der Waals surface area contributed by atoms with E-state index in [-0.39, 0.29) is 6.42 Å². The largest absolute Gasteiger partial charge is 0.481 e. The number of hydrogen-bond donors (Lipinski definition) is 2. The van der Waals surface area contributed by atoms with E-state index < -0.39 is 5.97 Å². The van der Waals surface area contributed by atoms with E-state index >= 15 is 0 Å². The van der Waals surface area contributed by atoms with Crippen molar-refractivity contribution >= 4 is 27.5 Å². The lowest BCUT2D eigenvalue weighted by Gasteiger charge is -1.88. The van der Waals surface area contributed by atoms with E-state index in [1.165, 1.54) is 0 Å². The number of rotatable bonds is 2. The number of thiophene rings is 1. The summed E-state index contributed by atoms with van der Waals surface area (Å²) in [4.78, 5) is 11.6. The number of aryl methyl sites for hydroxylation is 1. The van der Waals surface area contributed by atoms with Crippen LogP contribution in [0.5, 0.6) is 0 Å². The Morgan fingerprint density at radius 2 is 2.54 bits per heavy atom. The lowest BCUT2D eigenvalue weighted by Crippen LogP contribution is -2.00. The third kappa shape index (κ3) is 1.42. The minimum atomic E-state index is -0.836. The first-order valence-corrected chi connectivity index (χ1v) is 4.63. The molecule has 0 amide bonds. The molecule has 0 spiro atoms. The van der Waals surface area contributed by atoms with Gasteiger partial charge in [0.05, 0.1) is 16.8 Å². The lowest BCUT2D eigenvalue weighted by atomic mass is 10.3. The van der Waals surface area contributed by atoms with Crippen LogP contribution >= 0.6 is 11.3 Å². The summed E-state index contributed by atoms with van der Waals surface area (Å²) in [5, 5.41) is 15.4. The van der Waals surface area contributed by atoms with E-state index in [1.807, 2.05) is 13.0 Å². The zero-order valence-electron chi connectivity index (χ0n) is 7.00. The highest BCUT2D eigenvalue weighted by Gasteiger charge is 2.10. The Balaban J connectivity index is 2.50. The van der Waals surface area contributed by atoms with Gasteiger partial charge in [0.25, 0.3) is 0 Å². The van der Waals surface area contributed by atoms with Gasteiger partial charge in [-0.25, -0.2) is 0 Å². The molecule has 0 aliphatic rings. The van der Waals surface area contributed by atoms with Gasteiger partial charge in [0.2, 0.25) is 0 Å². The summed E-state index contributed by atoms with van der Waals surface area (Å²) in [6.07, 6.45) is 0.0104. The lowest BCUT2D eigenvalue weighted by molar-refractivity contribution is -0.136. The number of aromatic amines is 1. The molecule has 0 aliphatic heterocycles. The van der Waals surface area contributed by atoms with Crippen molar-refractivity contribution in [3.63, 3.8) is 0 Å². The van der Waals surface area contributed by atoms with E-state index in [1.54, 1.807) is 11.3 Å². The predicted octanol–water partition coefficient (Wildman–Crippen LogP) is 1.56. The van der Waals surface area contributed by atoms with Crippen molar-refractivity contribution < 1.29 is 9.90 Å². The van der Waals surface area contributed by atoms with Crippen molar-refractivity contribution in [2.45, 2.75) is 13.3 Å². The molecule has 2 aromatic heterocycles. The number of nitrogens with one attached hydrogen (secondary N) is 1. The molecule has 0 bridgehead atoms. The number of H-pyrrole nitrogens is 1. The molecule has 5 heteroatoms. The molecule has 0 atom stereocenters. The standard InChI is InChI=1S/C8H8N2O2S/c1-4-2-5-8(13-4)6(10-9-5)3-7(11)12/h2H,3H2,1H3,(H,9,10)(H,11,12). The van der Waals surface area contributed by atoms with E-state index in [9.17, 15) is 4.79 Å².